The van der Waals surface area contributed by atoms with Gasteiger partial charge in [0.15, 0.2) is 0 Å². The zero-order valence-electron chi connectivity index (χ0n) is 9.13. The van der Waals surface area contributed by atoms with Crippen molar-refractivity contribution in [2.24, 2.45) is 5.92 Å². The first kappa shape index (κ1) is 10.8. The summed E-state index contributed by atoms with van der Waals surface area (Å²) in [5, 5.41) is 4.37. The topological polar surface area (TPSA) is 12.0 Å². The molecular formula is C12H23NS. The Bertz CT molecular complexity index is 148. The Balaban J connectivity index is 1.52. The highest BCUT2D eigenvalue weighted by Crippen LogP contribution is 2.28. The summed E-state index contributed by atoms with van der Waals surface area (Å²) in [6.45, 7) is 2.51. The van der Waals surface area contributed by atoms with Crippen LogP contribution in [0.2, 0.25) is 0 Å². The predicted octanol–water partition coefficient (Wildman–Crippen LogP) is 3.05. The Hall–Kier alpha value is 0.310. The summed E-state index contributed by atoms with van der Waals surface area (Å²) in [7, 11) is 0. The molecule has 0 aromatic heterocycles. The molecule has 1 saturated heterocycles. The molecule has 0 spiro atoms. The molecule has 0 aromatic rings. The van der Waals surface area contributed by atoms with E-state index < -0.39 is 0 Å². The minimum Gasteiger partial charge on any atom is -0.316 e. The van der Waals surface area contributed by atoms with Crippen molar-refractivity contribution in [2.75, 3.05) is 18.8 Å². The molecule has 2 fully saturated rings. The lowest BCUT2D eigenvalue weighted by Gasteiger charge is -2.21. The largest absolute Gasteiger partial charge is 0.316 e. The molecule has 2 rings (SSSR count). The SMILES string of the molecule is C1CCC(CCSC2CCNC2)CC1. The minimum atomic E-state index is 0.929. The van der Waals surface area contributed by atoms with E-state index in [2.05, 4.69) is 17.1 Å². The average Bonchev–Trinajstić information content (AvgIpc) is 2.72. The van der Waals surface area contributed by atoms with Gasteiger partial charge in [0, 0.05) is 11.8 Å². The maximum atomic E-state index is 3.44. The fourth-order valence-electron chi connectivity index (χ4n) is 2.65. The Morgan fingerprint density at radius 2 is 1.93 bits per heavy atom. The van der Waals surface area contributed by atoms with Gasteiger partial charge in [-0.1, -0.05) is 32.1 Å². The molecule has 2 heteroatoms. The molecule has 0 amide bonds. The van der Waals surface area contributed by atoms with Gasteiger partial charge in [-0.3, -0.25) is 0 Å². The molecule has 1 saturated carbocycles. The quantitative estimate of drug-likeness (QED) is 0.770. The van der Waals surface area contributed by atoms with Gasteiger partial charge in [0.1, 0.15) is 0 Å². The first-order valence-corrected chi connectivity index (χ1v) is 7.32. The standard InChI is InChI=1S/C12H23NS/c1-2-4-11(5-3-1)7-9-14-12-6-8-13-10-12/h11-13H,1-10H2. The third-order valence-corrected chi connectivity index (χ3v) is 4.96. The van der Waals surface area contributed by atoms with Crippen LogP contribution in [-0.4, -0.2) is 24.1 Å². The number of hydrogen-bond donors (Lipinski definition) is 1. The van der Waals surface area contributed by atoms with Crippen molar-refractivity contribution >= 4 is 11.8 Å². The molecule has 1 atom stereocenters. The lowest BCUT2D eigenvalue weighted by atomic mass is 9.88. The highest BCUT2D eigenvalue weighted by molar-refractivity contribution is 7.99. The second-order valence-corrected chi connectivity index (χ2v) is 6.19. The van der Waals surface area contributed by atoms with Crippen LogP contribution >= 0.6 is 11.8 Å². The molecule has 0 aromatic carbocycles. The molecule has 1 aliphatic carbocycles. The summed E-state index contributed by atoms with van der Waals surface area (Å²) in [6, 6.07) is 0. The zero-order valence-corrected chi connectivity index (χ0v) is 9.95. The van der Waals surface area contributed by atoms with Crippen LogP contribution in [0, 0.1) is 5.92 Å². The summed E-state index contributed by atoms with van der Waals surface area (Å²) in [6.07, 6.45) is 10.4. The van der Waals surface area contributed by atoms with E-state index in [1.807, 2.05) is 0 Å². The van der Waals surface area contributed by atoms with Crippen molar-refractivity contribution < 1.29 is 0 Å². The smallest absolute Gasteiger partial charge is 0.0184 e. The highest BCUT2D eigenvalue weighted by Gasteiger charge is 2.16. The average molecular weight is 213 g/mol. The molecule has 0 radical (unpaired) electrons. The van der Waals surface area contributed by atoms with Gasteiger partial charge >= 0.3 is 0 Å². The molecule has 0 bridgehead atoms. The molecule has 1 aliphatic heterocycles. The zero-order chi connectivity index (χ0) is 9.64. The Morgan fingerprint density at radius 3 is 2.64 bits per heavy atom. The van der Waals surface area contributed by atoms with E-state index in [1.54, 1.807) is 0 Å². The van der Waals surface area contributed by atoms with E-state index in [0.29, 0.717) is 0 Å². The highest BCUT2D eigenvalue weighted by atomic mass is 32.2. The van der Waals surface area contributed by atoms with E-state index >= 15 is 0 Å². The summed E-state index contributed by atoms with van der Waals surface area (Å²) < 4.78 is 0. The van der Waals surface area contributed by atoms with Gasteiger partial charge in [-0.25, -0.2) is 0 Å². The minimum absolute atomic E-state index is 0.929. The Kier molecular flexibility index (Phi) is 4.65. The van der Waals surface area contributed by atoms with Crippen molar-refractivity contribution in [2.45, 2.75) is 50.2 Å². The third kappa shape index (κ3) is 3.47. The molecule has 14 heavy (non-hydrogen) atoms. The van der Waals surface area contributed by atoms with Crippen LogP contribution in [0.4, 0.5) is 0 Å². The van der Waals surface area contributed by atoms with E-state index in [-0.39, 0.29) is 0 Å². The van der Waals surface area contributed by atoms with E-state index in [4.69, 9.17) is 0 Å². The molecular weight excluding hydrogens is 190 g/mol. The second-order valence-electron chi connectivity index (χ2n) is 4.78. The fourth-order valence-corrected chi connectivity index (χ4v) is 3.97. The maximum absolute atomic E-state index is 3.44. The van der Waals surface area contributed by atoms with Gasteiger partial charge < -0.3 is 5.32 Å². The molecule has 1 heterocycles. The van der Waals surface area contributed by atoms with Gasteiger partial charge in [-0.05, 0) is 31.1 Å². The molecule has 1 nitrogen and oxygen atoms in total. The number of thioether (sulfide) groups is 1. The predicted molar refractivity (Wildman–Crippen MR) is 64.9 cm³/mol. The van der Waals surface area contributed by atoms with Gasteiger partial charge in [-0.2, -0.15) is 11.8 Å². The van der Waals surface area contributed by atoms with Gasteiger partial charge in [0.2, 0.25) is 0 Å². The molecule has 82 valence electrons. The van der Waals surface area contributed by atoms with Crippen LogP contribution in [-0.2, 0) is 0 Å². The summed E-state index contributed by atoms with van der Waals surface area (Å²) in [5.74, 6) is 2.49. The first-order chi connectivity index (χ1) is 6.95. The van der Waals surface area contributed by atoms with Crippen LogP contribution in [0.25, 0.3) is 0 Å². The Labute approximate surface area is 92.4 Å². The molecule has 1 N–H and O–H groups in total. The van der Waals surface area contributed by atoms with Crippen LogP contribution in [0.1, 0.15) is 44.9 Å². The van der Waals surface area contributed by atoms with E-state index in [0.717, 1.165) is 11.2 Å². The Morgan fingerprint density at radius 1 is 1.07 bits per heavy atom. The maximum Gasteiger partial charge on any atom is 0.0184 e. The number of rotatable bonds is 4. The lowest BCUT2D eigenvalue weighted by molar-refractivity contribution is 0.351. The van der Waals surface area contributed by atoms with Gasteiger partial charge in [-0.15, -0.1) is 0 Å². The van der Waals surface area contributed by atoms with Crippen LogP contribution in [0.15, 0.2) is 0 Å². The summed E-state index contributed by atoms with van der Waals surface area (Å²) in [5.41, 5.74) is 0. The van der Waals surface area contributed by atoms with Crippen molar-refractivity contribution in [3.63, 3.8) is 0 Å². The first-order valence-electron chi connectivity index (χ1n) is 6.27. The number of hydrogen-bond acceptors (Lipinski definition) is 2. The number of nitrogens with one attached hydrogen (secondary N) is 1. The van der Waals surface area contributed by atoms with Gasteiger partial charge in [0.25, 0.3) is 0 Å². The van der Waals surface area contributed by atoms with Crippen LogP contribution in [0.5, 0.6) is 0 Å². The van der Waals surface area contributed by atoms with Crippen LogP contribution < -0.4 is 5.32 Å². The van der Waals surface area contributed by atoms with Crippen molar-refractivity contribution in [3.05, 3.63) is 0 Å². The van der Waals surface area contributed by atoms with Crippen molar-refractivity contribution in [3.8, 4) is 0 Å². The molecule has 1 unspecified atom stereocenters. The normalized spacial score (nSPS) is 29.6. The van der Waals surface area contributed by atoms with Gasteiger partial charge in [0.05, 0.1) is 0 Å². The second kappa shape index (κ2) is 6.02. The van der Waals surface area contributed by atoms with Crippen molar-refractivity contribution in [1.82, 2.24) is 5.32 Å². The fraction of sp³-hybridized carbons (Fsp3) is 1.00. The monoisotopic (exact) mass is 213 g/mol. The van der Waals surface area contributed by atoms with Crippen molar-refractivity contribution in [1.29, 1.82) is 0 Å². The van der Waals surface area contributed by atoms with Crippen LogP contribution in [0.3, 0.4) is 0 Å². The third-order valence-electron chi connectivity index (χ3n) is 3.62. The summed E-state index contributed by atoms with van der Waals surface area (Å²) in [4.78, 5) is 0. The summed E-state index contributed by atoms with van der Waals surface area (Å²) >= 11 is 2.22. The van der Waals surface area contributed by atoms with E-state index in [1.165, 1.54) is 63.8 Å². The lowest BCUT2D eigenvalue weighted by Crippen LogP contribution is -2.12. The molecule has 2 aliphatic rings. The van der Waals surface area contributed by atoms with E-state index in [9.17, 15) is 0 Å².